The average molecular weight is 498 g/mol. The molecule has 0 atom stereocenters. The molecule has 0 aliphatic carbocycles. The maximum Gasteiger partial charge on any atom is 0.228 e. The van der Waals surface area contributed by atoms with Gasteiger partial charge >= 0.3 is 0 Å². The Morgan fingerprint density at radius 2 is 1.62 bits per heavy atom. The van der Waals surface area contributed by atoms with Gasteiger partial charge in [0.1, 0.15) is 5.82 Å². The normalized spacial score (nSPS) is 13.7. The van der Waals surface area contributed by atoms with Crippen molar-refractivity contribution in [2.24, 2.45) is 0 Å². The maximum absolute atomic E-state index is 13.0. The van der Waals surface area contributed by atoms with Gasteiger partial charge in [-0.3, -0.25) is 14.4 Å². The highest BCUT2D eigenvalue weighted by molar-refractivity contribution is 8.01. The molecule has 2 aromatic carbocycles. The van der Waals surface area contributed by atoms with Crippen LogP contribution in [0.2, 0.25) is 0 Å². The van der Waals surface area contributed by atoms with Crippen molar-refractivity contribution in [2.45, 2.75) is 17.7 Å². The third kappa shape index (κ3) is 6.09. The fourth-order valence-electron chi connectivity index (χ4n) is 3.67. The van der Waals surface area contributed by atoms with E-state index in [-0.39, 0.29) is 35.5 Å². The predicted octanol–water partition coefficient (Wildman–Crippen LogP) is 4.35. The Kier molecular flexibility index (Phi) is 7.74. The number of thiazole rings is 1. The molecule has 0 spiro atoms. The first-order chi connectivity index (χ1) is 16.4. The van der Waals surface area contributed by atoms with Gasteiger partial charge < -0.3 is 9.80 Å². The number of thioether (sulfide) groups is 1. The van der Waals surface area contributed by atoms with Crippen molar-refractivity contribution < 1.29 is 18.8 Å². The quantitative estimate of drug-likeness (QED) is 0.340. The van der Waals surface area contributed by atoms with E-state index in [9.17, 15) is 18.8 Å². The molecule has 1 aliphatic rings. The SMILES string of the molecule is CC(=O)c1ccc(N2CCN(C(=O)Cc3csc(SCC(=O)c4ccc(F)cc4)n3)CC2)cc1. The molecule has 0 N–H and O–H groups in total. The number of amides is 1. The zero-order valence-corrected chi connectivity index (χ0v) is 20.3. The number of hydrogen-bond donors (Lipinski definition) is 0. The van der Waals surface area contributed by atoms with Gasteiger partial charge in [0.25, 0.3) is 0 Å². The number of carbonyl (C=O) groups is 3. The number of carbonyl (C=O) groups excluding carboxylic acids is 3. The largest absolute Gasteiger partial charge is 0.368 e. The zero-order chi connectivity index (χ0) is 24.1. The van der Waals surface area contributed by atoms with Crippen LogP contribution in [0.3, 0.4) is 0 Å². The minimum atomic E-state index is -0.372. The van der Waals surface area contributed by atoms with Gasteiger partial charge in [0, 0.05) is 48.4 Å². The molecule has 0 unspecified atom stereocenters. The third-order valence-corrected chi connectivity index (χ3v) is 7.70. The first kappa shape index (κ1) is 24.1. The van der Waals surface area contributed by atoms with Crippen molar-refractivity contribution in [1.82, 2.24) is 9.88 Å². The molecule has 176 valence electrons. The molecule has 0 bridgehead atoms. The first-order valence-electron chi connectivity index (χ1n) is 10.9. The number of aromatic nitrogens is 1. The Labute approximate surface area is 205 Å². The summed E-state index contributed by atoms with van der Waals surface area (Å²) in [4.78, 5) is 45.0. The van der Waals surface area contributed by atoms with Crippen molar-refractivity contribution >= 4 is 46.3 Å². The fraction of sp³-hybridized carbons (Fsp3) is 0.280. The van der Waals surface area contributed by atoms with E-state index >= 15 is 0 Å². The van der Waals surface area contributed by atoms with E-state index < -0.39 is 0 Å². The molecule has 1 aromatic heterocycles. The molecule has 1 aliphatic heterocycles. The van der Waals surface area contributed by atoms with Crippen molar-refractivity contribution in [3.8, 4) is 0 Å². The number of Topliss-reactive ketones (excluding diaryl/α,β-unsaturated/α-hetero) is 2. The summed E-state index contributed by atoms with van der Waals surface area (Å²) in [6, 6.07) is 13.1. The highest BCUT2D eigenvalue weighted by Gasteiger charge is 2.22. The van der Waals surface area contributed by atoms with Crippen LogP contribution in [0.1, 0.15) is 33.3 Å². The zero-order valence-electron chi connectivity index (χ0n) is 18.7. The fourth-order valence-corrected chi connectivity index (χ4v) is 5.41. The Morgan fingerprint density at radius 3 is 2.26 bits per heavy atom. The summed E-state index contributed by atoms with van der Waals surface area (Å²) >= 11 is 2.74. The lowest BCUT2D eigenvalue weighted by Gasteiger charge is -2.36. The van der Waals surface area contributed by atoms with Gasteiger partial charge in [0.15, 0.2) is 15.9 Å². The average Bonchev–Trinajstić information content (AvgIpc) is 3.30. The van der Waals surface area contributed by atoms with Gasteiger partial charge in [0.05, 0.1) is 17.9 Å². The van der Waals surface area contributed by atoms with Gasteiger partial charge in [-0.05, 0) is 55.5 Å². The van der Waals surface area contributed by atoms with E-state index in [2.05, 4.69) is 9.88 Å². The van der Waals surface area contributed by atoms with Crippen LogP contribution in [-0.2, 0) is 11.2 Å². The predicted molar refractivity (Wildman–Crippen MR) is 133 cm³/mol. The van der Waals surface area contributed by atoms with Gasteiger partial charge in [-0.1, -0.05) is 11.8 Å². The molecular weight excluding hydrogens is 473 g/mol. The van der Waals surface area contributed by atoms with E-state index in [4.69, 9.17) is 0 Å². The van der Waals surface area contributed by atoms with E-state index in [1.54, 1.807) is 6.92 Å². The van der Waals surface area contributed by atoms with Gasteiger partial charge in [-0.15, -0.1) is 11.3 Å². The van der Waals surface area contributed by atoms with Gasteiger partial charge in [-0.2, -0.15) is 0 Å². The highest BCUT2D eigenvalue weighted by Crippen LogP contribution is 2.24. The number of hydrogen-bond acceptors (Lipinski definition) is 7. The Balaban J connectivity index is 1.24. The standard InChI is InChI=1S/C25H24FN3O3S2/c1-17(30)18-4-8-22(9-5-18)28-10-12-29(13-11-28)24(32)14-21-15-33-25(27-21)34-16-23(31)19-2-6-20(26)7-3-19/h2-9,15H,10-14,16H2,1H3. The molecule has 1 fully saturated rings. The second-order valence-electron chi connectivity index (χ2n) is 7.97. The summed E-state index contributed by atoms with van der Waals surface area (Å²) in [5.74, 6) is -0.169. The van der Waals surface area contributed by atoms with Crippen molar-refractivity contribution in [3.05, 3.63) is 76.5 Å². The lowest BCUT2D eigenvalue weighted by Crippen LogP contribution is -2.49. The van der Waals surface area contributed by atoms with Crippen molar-refractivity contribution in [2.75, 3.05) is 36.8 Å². The number of anilines is 1. The molecule has 6 nitrogen and oxygen atoms in total. The van der Waals surface area contributed by atoms with E-state index in [0.29, 0.717) is 29.9 Å². The Hall–Kier alpha value is -3.04. The summed E-state index contributed by atoms with van der Waals surface area (Å²) < 4.78 is 13.7. The minimum Gasteiger partial charge on any atom is -0.368 e. The smallest absolute Gasteiger partial charge is 0.228 e. The number of halogens is 1. The number of benzene rings is 2. The van der Waals surface area contributed by atoms with Crippen LogP contribution in [0.25, 0.3) is 0 Å². The third-order valence-electron chi connectivity index (χ3n) is 5.63. The number of rotatable bonds is 8. The summed E-state index contributed by atoms with van der Waals surface area (Å²) in [5.41, 5.74) is 2.91. The topological polar surface area (TPSA) is 70.6 Å². The Morgan fingerprint density at radius 1 is 0.971 bits per heavy atom. The molecule has 9 heteroatoms. The summed E-state index contributed by atoms with van der Waals surface area (Å²) in [6.07, 6.45) is 0.232. The van der Waals surface area contributed by atoms with Crippen LogP contribution >= 0.6 is 23.1 Å². The van der Waals surface area contributed by atoms with E-state index in [1.807, 2.05) is 34.5 Å². The summed E-state index contributed by atoms with van der Waals surface area (Å²) in [6.45, 7) is 4.27. The minimum absolute atomic E-state index is 0.0378. The molecule has 1 saturated heterocycles. The molecule has 1 amide bonds. The van der Waals surface area contributed by atoms with Crippen LogP contribution < -0.4 is 4.90 Å². The summed E-state index contributed by atoms with van der Waals surface area (Å²) in [5, 5.41) is 1.86. The molecule has 2 heterocycles. The second kappa shape index (κ2) is 10.9. The molecule has 34 heavy (non-hydrogen) atoms. The van der Waals surface area contributed by atoms with Crippen LogP contribution in [-0.4, -0.2) is 59.3 Å². The second-order valence-corrected chi connectivity index (χ2v) is 10.1. The molecule has 4 rings (SSSR count). The van der Waals surface area contributed by atoms with Crippen LogP contribution in [0.4, 0.5) is 10.1 Å². The number of piperazine rings is 1. The molecular formula is C25H24FN3O3S2. The van der Waals surface area contributed by atoms with Crippen LogP contribution in [0.5, 0.6) is 0 Å². The Bertz CT molecular complexity index is 1170. The number of ketones is 2. The monoisotopic (exact) mass is 497 g/mol. The van der Waals surface area contributed by atoms with Gasteiger partial charge in [-0.25, -0.2) is 9.37 Å². The van der Waals surface area contributed by atoms with Crippen molar-refractivity contribution in [3.63, 3.8) is 0 Å². The van der Waals surface area contributed by atoms with Gasteiger partial charge in [0.2, 0.25) is 5.91 Å². The molecule has 0 radical (unpaired) electrons. The van der Waals surface area contributed by atoms with Crippen molar-refractivity contribution in [1.29, 1.82) is 0 Å². The first-order valence-corrected chi connectivity index (χ1v) is 12.8. The maximum atomic E-state index is 13.0. The highest BCUT2D eigenvalue weighted by atomic mass is 32.2. The molecule has 0 saturated carbocycles. The van der Waals surface area contributed by atoms with E-state index in [0.717, 1.165) is 23.1 Å². The lowest BCUT2D eigenvalue weighted by molar-refractivity contribution is -0.130. The number of nitrogens with zero attached hydrogens (tertiary/aromatic N) is 3. The lowest BCUT2D eigenvalue weighted by atomic mass is 10.1. The van der Waals surface area contributed by atoms with Crippen LogP contribution in [0.15, 0.2) is 58.3 Å². The van der Waals surface area contributed by atoms with Crippen LogP contribution in [0, 0.1) is 5.82 Å². The molecule has 3 aromatic rings. The van der Waals surface area contributed by atoms with E-state index in [1.165, 1.54) is 47.4 Å². The summed E-state index contributed by atoms with van der Waals surface area (Å²) in [7, 11) is 0.